The predicted molar refractivity (Wildman–Crippen MR) is 101 cm³/mol. The summed E-state index contributed by atoms with van der Waals surface area (Å²) in [7, 11) is 3.19. The number of nitrogens with zero attached hydrogens (tertiary/aromatic N) is 4. The zero-order chi connectivity index (χ0) is 19.3. The molecule has 2 N–H and O–H groups in total. The Labute approximate surface area is 159 Å². The predicted octanol–water partition coefficient (Wildman–Crippen LogP) is 2.20. The number of methoxy groups -OCH3 is 2. The maximum Gasteiger partial charge on any atom is 0.240 e. The SMILES string of the molecule is COc1cc(OC)c2c(c1)nc(Cc1ccc3c(c1)OCO3)n1nc(N)nc21. The number of nitrogens with two attached hydrogens (primary N) is 1. The first-order chi connectivity index (χ1) is 13.7. The quantitative estimate of drug-likeness (QED) is 0.575. The van der Waals surface area contributed by atoms with E-state index in [0.29, 0.717) is 34.9 Å². The van der Waals surface area contributed by atoms with E-state index in [9.17, 15) is 0 Å². The van der Waals surface area contributed by atoms with Crippen LogP contribution in [0.3, 0.4) is 0 Å². The summed E-state index contributed by atoms with van der Waals surface area (Å²) in [5, 5.41) is 5.05. The highest BCUT2D eigenvalue weighted by molar-refractivity contribution is 5.98. The summed E-state index contributed by atoms with van der Waals surface area (Å²) in [4.78, 5) is 9.19. The van der Waals surface area contributed by atoms with Crippen molar-refractivity contribution in [3.8, 4) is 23.0 Å². The van der Waals surface area contributed by atoms with Gasteiger partial charge in [-0.15, -0.1) is 5.10 Å². The number of anilines is 1. The Morgan fingerprint density at radius 1 is 1.07 bits per heavy atom. The van der Waals surface area contributed by atoms with Crippen LogP contribution in [0.5, 0.6) is 23.0 Å². The molecule has 1 aliphatic heterocycles. The molecule has 0 aliphatic carbocycles. The first-order valence-corrected chi connectivity index (χ1v) is 8.61. The summed E-state index contributed by atoms with van der Waals surface area (Å²) in [5.74, 6) is 3.53. The average Bonchev–Trinajstić information content (AvgIpc) is 3.32. The molecule has 0 saturated carbocycles. The Kier molecular flexibility index (Phi) is 3.61. The van der Waals surface area contributed by atoms with Crippen molar-refractivity contribution >= 4 is 22.5 Å². The molecule has 3 heterocycles. The van der Waals surface area contributed by atoms with E-state index in [1.165, 1.54) is 0 Å². The van der Waals surface area contributed by atoms with Gasteiger partial charge in [-0.05, 0) is 17.7 Å². The lowest BCUT2D eigenvalue weighted by Crippen LogP contribution is -2.06. The van der Waals surface area contributed by atoms with E-state index in [2.05, 4.69) is 10.1 Å². The number of nitrogen functional groups attached to an aromatic ring is 1. The van der Waals surface area contributed by atoms with Crippen LogP contribution >= 0.6 is 0 Å². The molecule has 5 rings (SSSR count). The lowest BCUT2D eigenvalue weighted by molar-refractivity contribution is 0.174. The fraction of sp³-hybridized carbons (Fsp3) is 0.211. The fourth-order valence-electron chi connectivity index (χ4n) is 3.37. The Balaban J connectivity index is 1.71. The van der Waals surface area contributed by atoms with Gasteiger partial charge >= 0.3 is 0 Å². The van der Waals surface area contributed by atoms with Crippen LogP contribution in [0.1, 0.15) is 11.4 Å². The molecular weight excluding hydrogens is 362 g/mol. The van der Waals surface area contributed by atoms with Crippen molar-refractivity contribution in [1.29, 1.82) is 0 Å². The average molecular weight is 379 g/mol. The van der Waals surface area contributed by atoms with Crippen molar-refractivity contribution in [2.45, 2.75) is 6.42 Å². The van der Waals surface area contributed by atoms with Gasteiger partial charge in [-0.1, -0.05) is 6.07 Å². The summed E-state index contributed by atoms with van der Waals surface area (Å²) in [5.41, 5.74) is 8.16. The molecule has 2 aromatic heterocycles. The van der Waals surface area contributed by atoms with Crippen LogP contribution in [0.2, 0.25) is 0 Å². The Hall–Kier alpha value is -3.75. The van der Waals surface area contributed by atoms with Crippen molar-refractivity contribution < 1.29 is 18.9 Å². The van der Waals surface area contributed by atoms with Crippen LogP contribution in [0.25, 0.3) is 16.6 Å². The molecule has 0 amide bonds. The molecule has 9 nitrogen and oxygen atoms in total. The first-order valence-electron chi connectivity index (χ1n) is 8.61. The van der Waals surface area contributed by atoms with Crippen LogP contribution in [0.15, 0.2) is 30.3 Å². The number of hydrogen-bond donors (Lipinski definition) is 1. The molecule has 0 bridgehead atoms. The largest absolute Gasteiger partial charge is 0.497 e. The third-order valence-corrected chi connectivity index (χ3v) is 4.65. The van der Waals surface area contributed by atoms with Gasteiger partial charge in [-0.2, -0.15) is 9.50 Å². The number of fused-ring (bicyclic) bond motifs is 4. The highest BCUT2D eigenvalue weighted by Crippen LogP contribution is 2.35. The van der Waals surface area contributed by atoms with Gasteiger partial charge in [0.1, 0.15) is 17.3 Å². The lowest BCUT2D eigenvalue weighted by Gasteiger charge is -2.11. The second kappa shape index (κ2) is 6.15. The molecule has 4 aromatic rings. The maximum absolute atomic E-state index is 5.89. The van der Waals surface area contributed by atoms with E-state index in [-0.39, 0.29) is 12.7 Å². The molecule has 1 aliphatic rings. The van der Waals surface area contributed by atoms with Crippen LogP contribution < -0.4 is 24.7 Å². The van der Waals surface area contributed by atoms with Gasteiger partial charge in [-0.3, -0.25) is 0 Å². The van der Waals surface area contributed by atoms with E-state index in [4.69, 9.17) is 29.7 Å². The second-order valence-electron chi connectivity index (χ2n) is 6.32. The molecular formula is C19H17N5O4. The molecule has 0 saturated heterocycles. The molecule has 0 atom stereocenters. The van der Waals surface area contributed by atoms with Crippen molar-refractivity contribution in [2.75, 3.05) is 26.7 Å². The number of aromatic nitrogens is 4. The van der Waals surface area contributed by atoms with Crippen LogP contribution in [-0.4, -0.2) is 40.6 Å². The third-order valence-electron chi connectivity index (χ3n) is 4.65. The summed E-state index contributed by atoms with van der Waals surface area (Å²) in [6.07, 6.45) is 0.505. The number of rotatable bonds is 4. The van der Waals surface area contributed by atoms with Crippen molar-refractivity contribution in [3.63, 3.8) is 0 Å². The molecule has 0 radical (unpaired) electrons. The van der Waals surface area contributed by atoms with Gasteiger partial charge in [0, 0.05) is 18.6 Å². The van der Waals surface area contributed by atoms with E-state index < -0.39 is 0 Å². The molecule has 28 heavy (non-hydrogen) atoms. The van der Waals surface area contributed by atoms with E-state index in [0.717, 1.165) is 22.4 Å². The summed E-state index contributed by atoms with van der Waals surface area (Å²) in [6.45, 7) is 0.233. The minimum atomic E-state index is 0.166. The third kappa shape index (κ3) is 2.51. The van der Waals surface area contributed by atoms with Crippen LogP contribution in [0.4, 0.5) is 5.95 Å². The van der Waals surface area contributed by atoms with E-state index >= 15 is 0 Å². The normalized spacial score (nSPS) is 12.6. The molecule has 0 spiro atoms. The zero-order valence-electron chi connectivity index (χ0n) is 15.3. The molecule has 0 unspecified atom stereocenters. The molecule has 0 fully saturated rings. The molecule has 9 heteroatoms. The minimum Gasteiger partial charge on any atom is -0.497 e. The molecule has 2 aromatic carbocycles. The smallest absolute Gasteiger partial charge is 0.240 e. The topological polar surface area (TPSA) is 106 Å². The Morgan fingerprint density at radius 3 is 2.75 bits per heavy atom. The summed E-state index contributed by atoms with van der Waals surface area (Å²) >= 11 is 0. The number of benzene rings is 2. The monoisotopic (exact) mass is 379 g/mol. The van der Waals surface area contributed by atoms with Crippen molar-refractivity contribution in [2.24, 2.45) is 0 Å². The lowest BCUT2D eigenvalue weighted by atomic mass is 10.1. The van der Waals surface area contributed by atoms with E-state index in [1.807, 2.05) is 24.3 Å². The van der Waals surface area contributed by atoms with Gasteiger partial charge in [0.15, 0.2) is 17.1 Å². The number of ether oxygens (including phenoxy) is 4. The Morgan fingerprint density at radius 2 is 1.93 bits per heavy atom. The van der Waals surface area contributed by atoms with Crippen LogP contribution in [0, 0.1) is 0 Å². The highest BCUT2D eigenvalue weighted by Gasteiger charge is 2.19. The van der Waals surface area contributed by atoms with Crippen LogP contribution in [-0.2, 0) is 6.42 Å². The fourth-order valence-corrected chi connectivity index (χ4v) is 3.37. The van der Waals surface area contributed by atoms with Gasteiger partial charge in [0.2, 0.25) is 12.7 Å². The van der Waals surface area contributed by atoms with Gasteiger partial charge in [0.25, 0.3) is 0 Å². The van der Waals surface area contributed by atoms with Gasteiger partial charge in [0.05, 0.1) is 25.1 Å². The molecule has 142 valence electrons. The maximum atomic E-state index is 5.89. The second-order valence-corrected chi connectivity index (χ2v) is 6.32. The Bertz CT molecular complexity index is 1220. The standard InChI is InChI=1S/C19H17N5O4/c1-25-11-7-12-17(15(8-11)26-2)18-22-19(20)23-24(18)16(21-12)6-10-3-4-13-14(5-10)28-9-27-13/h3-5,7-8H,6,9H2,1-2H3,(H2,20,23). The summed E-state index contributed by atoms with van der Waals surface area (Å²) < 4.78 is 23.4. The van der Waals surface area contributed by atoms with E-state index in [1.54, 1.807) is 24.8 Å². The number of hydrogen-bond acceptors (Lipinski definition) is 8. The summed E-state index contributed by atoms with van der Waals surface area (Å²) in [6, 6.07) is 9.42. The zero-order valence-corrected chi connectivity index (χ0v) is 15.3. The van der Waals surface area contributed by atoms with Gasteiger partial charge < -0.3 is 24.7 Å². The van der Waals surface area contributed by atoms with Gasteiger partial charge in [-0.25, -0.2) is 4.98 Å². The van der Waals surface area contributed by atoms with Crippen molar-refractivity contribution in [1.82, 2.24) is 19.6 Å². The minimum absolute atomic E-state index is 0.166. The highest BCUT2D eigenvalue weighted by atomic mass is 16.7. The van der Waals surface area contributed by atoms with Crippen molar-refractivity contribution in [3.05, 3.63) is 41.7 Å². The first kappa shape index (κ1) is 16.4.